The summed E-state index contributed by atoms with van der Waals surface area (Å²) in [6.07, 6.45) is 5.57. The fraction of sp³-hybridized carbons (Fsp3) is 0.500. The van der Waals surface area contributed by atoms with Crippen LogP contribution >= 0.6 is 0 Å². The number of carbonyl (C=O) groups excluding carboxylic acids is 1. The van der Waals surface area contributed by atoms with E-state index >= 15 is 0 Å². The van der Waals surface area contributed by atoms with Gasteiger partial charge in [0.15, 0.2) is 0 Å². The maximum absolute atomic E-state index is 14.7. The summed E-state index contributed by atoms with van der Waals surface area (Å²) in [4.78, 5) is 14.7. The zero-order valence-corrected chi connectivity index (χ0v) is 19.4. The maximum atomic E-state index is 14.7. The third kappa shape index (κ3) is 4.54. The fourth-order valence-corrected chi connectivity index (χ4v) is 4.95. The smallest absolute Gasteiger partial charge is 0.257 e. The van der Waals surface area contributed by atoms with Gasteiger partial charge in [-0.3, -0.25) is 9.69 Å². The second kappa shape index (κ2) is 9.60. The Balaban J connectivity index is 1.29. The number of halogens is 2. The van der Waals surface area contributed by atoms with E-state index in [1.165, 1.54) is 38.5 Å². The van der Waals surface area contributed by atoms with Crippen molar-refractivity contribution in [3.63, 3.8) is 0 Å². The number of carbonyl (C=O) groups is 1. The Morgan fingerprint density at radius 3 is 2.53 bits per heavy atom. The van der Waals surface area contributed by atoms with Crippen LogP contribution in [-0.2, 0) is 16.1 Å². The minimum absolute atomic E-state index is 0.168. The van der Waals surface area contributed by atoms with E-state index in [-0.39, 0.29) is 13.2 Å². The molecule has 0 atom stereocenters. The minimum Gasteiger partial charge on any atom is -0.462 e. The molecular weight excluding hydrogens is 442 g/mol. The highest BCUT2D eigenvalue weighted by atomic mass is 19.1. The number of likely N-dealkylation sites (tertiary alicyclic amines) is 1. The Labute approximate surface area is 198 Å². The molecule has 0 radical (unpaired) electrons. The molecule has 0 bridgehead atoms. The standard InChI is InChI=1S/C26H30F2N2O4/c1-32-12-9-29-25(31)24-21(27)14-18(15-22(24)28)17-5-6-23-19(13-17)16-33-26(34-23)7-10-30(11-8-26)20-3-2-4-20/h5-6,13-15,20H,2-4,7-12,16H2,1H3,(H,29,31). The van der Waals surface area contributed by atoms with Gasteiger partial charge in [0.1, 0.15) is 22.9 Å². The predicted octanol–water partition coefficient (Wildman–Crippen LogP) is 4.26. The Kier molecular flexibility index (Phi) is 6.55. The van der Waals surface area contributed by atoms with Crippen molar-refractivity contribution in [3.05, 3.63) is 53.1 Å². The van der Waals surface area contributed by atoms with E-state index in [2.05, 4.69) is 10.2 Å². The van der Waals surface area contributed by atoms with Crippen molar-refractivity contribution in [2.45, 2.75) is 50.5 Å². The summed E-state index contributed by atoms with van der Waals surface area (Å²) >= 11 is 0. The van der Waals surface area contributed by atoms with Gasteiger partial charge in [-0.05, 0) is 48.2 Å². The van der Waals surface area contributed by atoms with E-state index in [1.54, 1.807) is 6.07 Å². The lowest BCUT2D eigenvalue weighted by Crippen LogP contribution is -2.54. The Hall–Kier alpha value is -2.55. The lowest BCUT2D eigenvalue weighted by atomic mass is 9.89. The highest BCUT2D eigenvalue weighted by molar-refractivity contribution is 5.95. The summed E-state index contributed by atoms with van der Waals surface area (Å²) in [5.74, 6) is -2.47. The number of amides is 1. The van der Waals surface area contributed by atoms with E-state index in [9.17, 15) is 13.6 Å². The number of methoxy groups -OCH3 is 1. The molecule has 2 aliphatic heterocycles. The van der Waals surface area contributed by atoms with Gasteiger partial charge >= 0.3 is 0 Å². The average molecular weight is 473 g/mol. The minimum atomic E-state index is -0.910. The molecule has 0 unspecified atom stereocenters. The Morgan fingerprint density at radius 2 is 1.88 bits per heavy atom. The predicted molar refractivity (Wildman–Crippen MR) is 123 cm³/mol. The van der Waals surface area contributed by atoms with E-state index in [1.807, 2.05) is 12.1 Å². The summed E-state index contributed by atoms with van der Waals surface area (Å²) in [6, 6.07) is 8.54. The van der Waals surface area contributed by atoms with Gasteiger partial charge in [0, 0.05) is 51.2 Å². The quantitative estimate of drug-likeness (QED) is 0.637. The van der Waals surface area contributed by atoms with Crippen LogP contribution in [0.5, 0.6) is 5.75 Å². The lowest BCUT2D eigenvalue weighted by molar-refractivity contribution is -0.231. The molecule has 1 saturated heterocycles. The van der Waals surface area contributed by atoms with Gasteiger partial charge in [-0.25, -0.2) is 8.78 Å². The molecule has 1 spiro atoms. The summed E-state index contributed by atoms with van der Waals surface area (Å²) in [7, 11) is 1.48. The van der Waals surface area contributed by atoms with Gasteiger partial charge in [-0.1, -0.05) is 12.5 Å². The first-order chi connectivity index (χ1) is 16.5. The molecule has 182 valence electrons. The Bertz CT molecular complexity index is 1040. The van der Waals surface area contributed by atoms with Crippen LogP contribution in [0.4, 0.5) is 8.78 Å². The molecule has 8 heteroatoms. The van der Waals surface area contributed by atoms with Crippen LogP contribution in [0, 0.1) is 11.6 Å². The molecule has 5 rings (SSSR count). The zero-order valence-electron chi connectivity index (χ0n) is 19.4. The molecule has 1 aliphatic carbocycles. The number of fused-ring (bicyclic) bond motifs is 1. The SMILES string of the molecule is COCCNC(=O)c1c(F)cc(-c2ccc3c(c2)COC2(CCN(C4CCC4)CC2)O3)cc1F. The van der Waals surface area contributed by atoms with Crippen LogP contribution in [0.2, 0.25) is 0 Å². The second-order valence-corrected chi connectivity index (χ2v) is 9.31. The van der Waals surface area contributed by atoms with E-state index in [0.29, 0.717) is 17.7 Å². The van der Waals surface area contributed by atoms with Gasteiger partial charge in [0.25, 0.3) is 5.91 Å². The number of ether oxygens (including phenoxy) is 3. The van der Waals surface area contributed by atoms with Crippen molar-refractivity contribution in [3.8, 4) is 16.9 Å². The number of nitrogens with one attached hydrogen (secondary N) is 1. The van der Waals surface area contributed by atoms with Gasteiger partial charge in [-0.15, -0.1) is 0 Å². The molecule has 3 aliphatic rings. The van der Waals surface area contributed by atoms with Crippen molar-refractivity contribution in [2.24, 2.45) is 0 Å². The van der Waals surface area contributed by atoms with Gasteiger partial charge in [0.2, 0.25) is 5.79 Å². The third-order valence-corrected chi connectivity index (χ3v) is 7.19. The monoisotopic (exact) mass is 472 g/mol. The van der Waals surface area contributed by atoms with Crippen molar-refractivity contribution in [1.82, 2.24) is 10.2 Å². The normalized spacial score (nSPS) is 19.9. The van der Waals surface area contributed by atoms with Gasteiger partial charge in [-0.2, -0.15) is 0 Å². The highest BCUT2D eigenvalue weighted by Crippen LogP contribution is 2.40. The van der Waals surface area contributed by atoms with Gasteiger partial charge < -0.3 is 19.5 Å². The molecule has 2 aromatic carbocycles. The largest absolute Gasteiger partial charge is 0.462 e. The van der Waals surface area contributed by atoms with E-state index in [4.69, 9.17) is 14.2 Å². The third-order valence-electron chi connectivity index (χ3n) is 7.19. The van der Waals surface area contributed by atoms with Crippen LogP contribution < -0.4 is 10.1 Å². The summed E-state index contributed by atoms with van der Waals surface area (Å²) in [5, 5.41) is 2.45. The summed E-state index contributed by atoms with van der Waals surface area (Å²) in [5.41, 5.74) is 1.22. The van der Waals surface area contributed by atoms with Crippen molar-refractivity contribution in [1.29, 1.82) is 0 Å². The topological polar surface area (TPSA) is 60.0 Å². The van der Waals surface area contributed by atoms with Crippen molar-refractivity contribution in [2.75, 3.05) is 33.4 Å². The second-order valence-electron chi connectivity index (χ2n) is 9.31. The first-order valence-electron chi connectivity index (χ1n) is 11.9. The number of rotatable bonds is 6. The summed E-state index contributed by atoms with van der Waals surface area (Å²) < 4.78 is 46.7. The van der Waals surface area contributed by atoms with Gasteiger partial charge in [0.05, 0.1) is 13.2 Å². The molecule has 6 nitrogen and oxygen atoms in total. The number of nitrogens with zero attached hydrogens (tertiary/aromatic N) is 1. The molecule has 0 aromatic heterocycles. The highest BCUT2D eigenvalue weighted by Gasteiger charge is 2.42. The molecule has 1 saturated carbocycles. The van der Waals surface area contributed by atoms with Crippen LogP contribution in [-0.4, -0.2) is 56.0 Å². The first kappa shape index (κ1) is 23.2. The molecule has 34 heavy (non-hydrogen) atoms. The van der Waals surface area contributed by atoms with E-state index in [0.717, 1.165) is 43.3 Å². The maximum Gasteiger partial charge on any atom is 0.257 e. The van der Waals surface area contributed by atoms with Crippen LogP contribution in [0.25, 0.3) is 11.1 Å². The van der Waals surface area contributed by atoms with Crippen LogP contribution in [0.3, 0.4) is 0 Å². The van der Waals surface area contributed by atoms with E-state index < -0.39 is 28.9 Å². The molecule has 2 aromatic rings. The zero-order chi connectivity index (χ0) is 23.7. The Morgan fingerprint density at radius 1 is 1.15 bits per heavy atom. The fourth-order valence-electron chi connectivity index (χ4n) is 4.95. The number of hydrogen-bond donors (Lipinski definition) is 1. The molecule has 1 N–H and O–H groups in total. The van der Waals surface area contributed by atoms with Crippen LogP contribution in [0.1, 0.15) is 48.0 Å². The van der Waals surface area contributed by atoms with Crippen molar-refractivity contribution < 1.29 is 27.8 Å². The molecule has 2 fully saturated rings. The summed E-state index contributed by atoms with van der Waals surface area (Å²) in [6.45, 7) is 2.76. The lowest BCUT2D eigenvalue weighted by Gasteiger charge is -2.47. The first-order valence-corrected chi connectivity index (χ1v) is 11.9. The van der Waals surface area contributed by atoms with Crippen molar-refractivity contribution >= 4 is 5.91 Å². The number of hydrogen-bond acceptors (Lipinski definition) is 5. The molecule has 2 heterocycles. The number of piperidine rings is 1. The average Bonchev–Trinajstić information content (AvgIpc) is 2.79. The number of benzene rings is 2. The molecular formula is C26H30F2N2O4. The molecule has 1 amide bonds. The van der Waals surface area contributed by atoms with Crippen LogP contribution in [0.15, 0.2) is 30.3 Å².